The second-order valence-corrected chi connectivity index (χ2v) is 5.47. The Balaban J connectivity index is 2.56. The Morgan fingerprint density at radius 2 is 2.22 bits per heavy atom. The third kappa shape index (κ3) is 4.07. The summed E-state index contributed by atoms with van der Waals surface area (Å²) in [7, 11) is 0. The minimum atomic E-state index is -0.437. The molecule has 0 spiro atoms. The molecule has 1 rings (SSSR count). The van der Waals surface area contributed by atoms with Crippen LogP contribution in [0.5, 0.6) is 0 Å². The smallest absolute Gasteiger partial charge is 0.237 e. The van der Waals surface area contributed by atoms with Gasteiger partial charge in [-0.25, -0.2) is 0 Å². The summed E-state index contributed by atoms with van der Waals surface area (Å²) in [6, 6.07) is 1.44. The summed E-state index contributed by atoms with van der Waals surface area (Å²) in [5.74, 6) is 2.50. The summed E-state index contributed by atoms with van der Waals surface area (Å²) < 4.78 is 5.46. The van der Waals surface area contributed by atoms with Crippen LogP contribution in [0.15, 0.2) is 10.5 Å². The van der Waals surface area contributed by atoms with Gasteiger partial charge in [0.25, 0.3) is 0 Å². The highest BCUT2D eigenvalue weighted by atomic mass is 32.2. The van der Waals surface area contributed by atoms with E-state index in [1.54, 1.807) is 11.8 Å². The molecule has 0 aliphatic carbocycles. The van der Waals surface area contributed by atoms with Gasteiger partial charge in [0, 0.05) is 5.56 Å². The standard InChI is InChI=1S/C13H22N2O2S/c1-8-7-11(10(3)17-8)9(2)15-13(16)12(14)5-6-18-4/h7,9,12H,5-6,14H2,1-4H3,(H,15,16)/t9?,12-/m1/s1. The molecule has 2 atom stereocenters. The summed E-state index contributed by atoms with van der Waals surface area (Å²) in [5, 5.41) is 2.93. The number of carbonyl (C=O) groups excluding carboxylic acids is 1. The molecule has 1 aromatic rings. The lowest BCUT2D eigenvalue weighted by molar-refractivity contribution is -0.123. The Morgan fingerprint density at radius 1 is 1.56 bits per heavy atom. The predicted octanol–water partition coefficient (Wildman–Crippen LogP) is 2.15. The van der Waals surface area contributed by atoms with Crippen LogP contribution < -0.4 is 11.1 Å². The minimum Gasteiger partial charge on any atom is -0.466 e. The number of rotatable bonds is 6. The minimum absolute atomic E-state index is 0.0738. The van der Waals surface area contributed by atoms with Gasteiger partial charge in [-0.15, -0.1) is 0 Å². The van der Waals surface area contributed by atoms with Gasteiger partial charge in [0.05, 0.1) is 12.1 Å². The average molecular weight is 270 g/mol. The number of amides is 1. The number of hydrogen-bond acceptors (Lipinski definition) is 4. The number of thioether (sulfide) groups is 1. The number of furan rings is 1. The fraction of sp³-hybridized carbons (Fsp3) is 0.615. The van der Waals surface area contributed by atoms with E-state index in [1.165, 1.54) is 0 Å². The molecule has 0 fully saturated rings. The molecule has 3 N–H and O–H groups in total. The maximum Gasteiger partial charge on any atom is 0.237 e. The molecule has 0 saturated heterocycles. The van der Waals surface area contributed by atoms with E-state index in [4.69, 9.17) is 10.2 Å². The van der Waals surface area contributed by atoms with E-state index in [2.05, 4.69) is 5.32 Å². The first kappa shape index (κ1) is 15.1. The zero-order chi connectivity index (χ0) is 13.7. The van der Waals surface area contributed by atoms with E-state index < -0.39 is 6.04 Å². The van der Waals surface area contributed by atoms with E-state index in [0.717, 1.165) is 22.8 Å². The molecule has 1 amide bonds. The molecule has 0 saturated carbocycles. The molecular weight excluding hydrogens is 248 g/mol. The lowest BCUT2D eigenvalue weighted by atomic mass is 10.1. The topological polar surface area (TPSA) is 68.3 Å². The third-order valence-corrected chi connectivity index (χ3v) is 3.52. The molecule has 0 aliphatic rings. The van der Waals surface area contributed by atoms with Crippen molar-refractivity contribution in [3.63, 3.8) is 0 Å². The molecule has 0 radical (unpaired) electrons. The highest BCUT2D eigenvalue weighted by Crippen LogP contribution is 2.21. The monoisotopic (exact) mass is 270 g/mol. The summed E-state index contributed by atoms with van der Waals surface area (Å²) in [6.45, 7) is 5.74. The van der Waals surface area contributed by atoms with E-state index in [1.807, 2.05) is 33.1 Å². The Bertz CT molecular complexity index is 404. The van der Waals surface area contributed by atoms with Crippen LogP contribution in [-0.4, -0.2) is 24.0 Å². The lowest BCUT2D eigenvalue weighted by Crippen LogP contribution is -2.42. The van der Waals surface area contributed by atoms with Gasteiger partial charge in [-0.05, 0) is 45.3 Å². The summed E-state index contributed by atoms with van der Waals surface area (Å²) in [4.78, 5) is 11.9. The fourth-order valence-corrected chi connectivity index (χ4v) is 2.34. The van der Waals surface area contributed by atoms with Crippen LogP contribution in [0.1, 0.15) is 36.5 Å². The van der Waals surface area contributed by atoms with Crippen molar-refractivity contribution in [3.8, 4) is 0 Å². The molecule has 4 nitrogen and oxygen atoms in total. The van der Waals surface area contributed by atoms with Gasteiger partial charge in [0.15, 0.2) is 0 Å². The maximum absolute atomic E-state index is 11.9. The molecule has 102 valence electrons. The van der Waals surface area contributed by atoms with Crippen LogP contribution in [0, 0.1) is 13.8 Å². The Morgan fingerprint density at radius 3 is 2.72 bits per heavy atom. The molecule has 1 aromatic heterocycles. The average Bonchev–Trinajstić information content (AvgIpc) is 2.65. The van der Waals surface area contributed by atoms with Crippen LogP contribution in [0.2, 0.25) is 0 Å². The van der Waals surface area contributed by atoms with E-state index in [0.29, 0.717) is 6.42 Å². The summed E-state index contributed by atoms with van der Waals surface area (Å²) in [5.41, 5.74) is 6.84. The van der Waals surface area contributed by atoms with Gasteiger partial charge in [-0.2, -0.15) is 11.8 Å². The molecular formula is C13H22N2O2S. The van der Waals surface area contributed by atoms with Gasteiger partial charge >= 0.3 is 0 Å². The van der Waals surface area contributed by atoms with E-state index in [9.17, 15) is 4.79 Å². The fourth-order valence-electron chi connectivity index (χ4n) is 1.85. The highest BCUT2D eigenvalue weighted by Gasteiger charge is 2.18. The first-order valence-corrected chi connectivity index (χ1v) is 7.47. The zero-order valence-corrected chi connectivity index (χ0v) is 12.3. The summed E-state index contributed by atoms with van der Waals surface area (Å²) in [6.07, 6.45) is 2.70. The third-order valence-electron chi connectivity index (χ3n) is 2.87. The first-order valence-electron chi connectivity index (χ1n) is 6.07. The van der Waals surface area contributed by atoms with Crippen molar-refractivity contribution in [3.05, 3.63) is 23.2 Å². The van der Waals surface area contributed by atoms with Crippen molar-refractivity contribution in [1.82, 2.24) is 5.32 Å². The quantitative estimate of drug-likeness (QED) is 0.831. The molecule has 0 bridgehead atoms. The van der Waals surface area contributed by atoms with Crippen LogP contribution in [0.25, 0.3) is 0 Å². The number of aryl methyl sites for hydroxylation is 2. The molecule has 0 aliphatic heterocycles. The second-order valence-electron chi connectivity index (χ2n) is 4.49. The van der Waals surface area contributed by atoms with Crippen molar-refractivity contribution in [2.24, 2.45) is 5.73 Å². The van der Waals surface area contributed by atoms with Crippen molar-refractivity contribution in [2.75, 3.05) is 12.0 Å². The van der Waals surface area contributed by atoms with Crippen molar-refractivity contribution >= 4 is 17.7 Å². The Labute approximate surface area is 113 Å². The van der Waals surface area contributed by atoms with Gasteiger partial charge in [-0.1, -0.05) is 0 Å². The number of nitrogens with one attached hydrogen (secondary N) is 1. The summed E-state index contributed by atoms with van der Waals surface area (Å²) >= 11 is 1.69. The number of carbonyl (C=O) groups is 1. The van der Waals surface area contributed by atoms with Crippen LogP contribution in [0.3, 0.4) is 0 Å². The van der Waals surface area contributed by atoms with Gasteiger partial charge in [-0.3, -0.25) is 4.79 Å². The van der Waals surface area contributed by atoms with Crippen molar-refractivity contribution in [1.29, 1.82) is 0 Å². The van der Waals surface area contributed by atoms with E-state index in [-0.39, 0.29) is 11.9 Å². The van der Waals surface area contributed by atoms with Crippen molar-refractivity contribution < 1.29 is 9.21 Å². The second kappa shape index (κ2) is 6.85. The Hall–Kier alpha value is -0.940. The molecule has 18 heavy (non-hydrogen) atoms. The highest BCUT2D eigenvalue weighted by molar-refractivity contribution is 7.98. The van der Waals surface area contributed by atoms with Crippen LogP contribution in [-0.2, 0) is 4.79 Å². The zero-order valence-electron chi connectivity index (χ0n) is 11.4. The van der Waals surface area contributed by atoms with Gasteiger partial charge in [0.1, 0.15) is 11.5 Å². The largest absolute Gasteiger partial charge is 0.466 e. The molecule has 1 unspecified atom stereocenters. The first-order chi connectivity index (χ1) is 8.45. The molecule has 5 heteroatoms. The number of nitrogens with two attached hydrogens (primary N) is 1. The lowest BCUT2D eigenvalue weighted by Gasteiger charge is -2.17. The van der Waals surface area contributed by atoms with Gasteiger partial charge < -0.3 is 15.5 Å². The predicted molar refractivity (Wildman–Crippen MR) is 75.7 cm³/mol. The molecule has 1 heterocycles. The number of hydrogen-bond donors (Lipinski definition) is 2. The van der Waals surface area contributed by atoms with Crippen LogP contribution >= 0.6 is 11.8 Å². The van der Waals surface area contributed by atoms with E-state index >= 15 is 0 Å². The SMILES string of the molecule is CSCC[C@@H](N)C(=O)NC(C)c1cc(C)oc1C. The van der Waals surface area contributed by atoms with Crippen molar-refractivity contribution in [2.45, 2.75) is 39.3 Å². The normalized spacial score (nSPS) is 14.3. The van der Waals surface area contributed by atoms with Crippen LogP contribution in [0.4, 0.5) is 0 Å². The molecule has 0 aromatic carbocycles. The van der Waals surface area contributed by atoms with Gasteiger partial charge in [0.2, 0.25) is 5.91 Å². The maximum atomic E-state index is 11.9. The Kier molecular flexibility index (Phi) is 5.75.